The summed E-state index contributed by atoms with van der Waals surface area (Å²) in [5.41, 5.74) is 6.13. The quantitative estimate of drug-likeness (QED) is 0.811. The number of anilines is 1. The Kier molecular flexibility index (Phi) is 3.22. The highest BCUT2D eigenvalue weighted by Crippen LogP contribution is 2.32. The fourth-order valence-corrected chi connectivity index (χ4v) is 2.28. The molecule has 1 atom stereocenters. The minimum Gasteiger partial charge on any atom is -0.477 e. The van der Waals surface area contributed by atoms with E-state index in [1.165, 1.54) is 0 Å². The molecule has 20 heavy (non-hydrogen) atoms. The number of amides is 2. The minimum atomic E-state index is -0.723. The van der Waals surface area contributed by atoms with Gasteiger partial charge in [0.05, 0.1) is 18.8 Å². The molecule has 0 saturated heterocycles. The lowest BCUT2D eigenvalue weighted by atomic mass is 10.2. The van der Waals surface area contributed by atoms with Crippen LogP contribution in [0.25, 0.3) is 0 Å². The Morgan fingerprint density at radius 1 is 1.35 bits per heavy atom. The number of nitrogens with one attached hydrogen (secondary N) is 1. The number of hydrogen-bond donors (Lipinski definition) is 2. The lowest BCUT2D eigenvalue weighted by Crippen LogP contribution is -2.50. The second kappa shape index (κ2) is 5.03. The van der Waals surface area contributed by atoms with Crippen molar-refractivity contribution in [1.82, 2.24) is 5.32 Å². The number of para-hydroxylation sites is 2. The topological polar surface area (TPSA) is 84.7 Å². The fourth-order valence-electron chi connectivity index (χ4n) is 2.28. The Morgan fingerprint density at radius 3 is 2.80 bits per heavy atom. The summed E-state index contributed by atoms with van der Waals surface area (Å²) < 4.78 is 5.55. The monoisotopic (exact) mass is 275 g/mol. The molecular formula is C14H17N3O3. The molecule has 1 fully saturated rings. The van der Waals surface area contributed by atoms with Crippen molar-refractivity contribution in [2.45, 2.75) is 25.0 Å². The lowest BCUT2D eigenvalue weighted by molar-refractivity contribution is -0.125. The number of nitrogens with two attached hydrogens (primary N) is 1. The molecule has 0 bridgehead atoms. The Balaban J connectivity index is 1.77. The van der Waals surface area contributed by atoms with E-state index in [4.69, 9.17) is 10.5 Å². The predicted molar refractivity (Wildman–Crippen MR) is 73.4 cm³/mol. The van der Waals surface area contributed by atoms with Crippen LogP contribution in [0.3, 0.4) is 0 Å². The molecule has 0 spiro atoms. The summed E-state index contributed by atoms with van der Waals surface area (Å²) in [5, 5.41) is 2.94. The third kappa shape index (κ3) is 2.68. The Morgan fingerprint density at radius 2 is 2.10 bits per heavy atom. The van der Waals surface area contributed by atoms with Crippen LogP contribution in [0, 0.1) is 0 Å². The van der Waals surface area contributed by atoms with Crippen LogP contribution in [0.5, 0.6) is 5.75 Å². The van der Waals surface area contributed by atoms with Crippen molar-refractivity contribution < 1.29 is 14.3 Å². The number of ether oxygens (including phenoxy) is 1. The van der Waals surface area contributed by atoms with Crippen LogP contribution < -0.4 is 20.7 Å². The molecule has 1 saturated carbocycles. The average molecular weight is 275 g/mol. The van der Waals surface area contributed by atoms with Crippen LogP contribution in [0.1, 0.15) is 12.8 Å². The zero-order valence-corrected chi connectivity index (χ0v) is 11.0. The maximum atomic E-state index is 11.9. The maximum Gasteiger partial charge on any atom is 0.260 e. The molecule has 3 N–H and O–H groups in total. The number of nitrogens with zero attached hydrogens (tertiary/aromatic N) is 1. The van der Waals surface area contributed by atoms with E-state index in [0.29, 0.717) is 18.3 Å². The van der Waals surface area contributed by atoms with Gasteiger partial charge in [-0.05, 0) is 25.0 Å². The van der Waals surface area contributed by atoms with Crippen molar-refractivity contribution in [1.29, 1.82) is 0 Å². The molecular weight excluding hydrogens is 258 g/mol. The molecule has 0 aromatic heterocycles. The Labute approximate surface area is 116 Å². The number of carbonyl (C=O) groups is 2. The Bertz CT molecular complexity index is 542. The highest BCUT2D eigenvalue weighted by atomic mass is 16.5. The van der Waals surface area contributed by atoms with Gasteiger partial charge in [0.1, 0.15) is 5.75 Å². The van der Waals surface area contributed by atoms with Gasteiger partial charge >= 0.3 is 0 Å². The molecule has 0 radical (unpaired) electrons. The highest BCUT2D eigenvalue weighted by molar-refractivity contribution is 5.85. The van der Waals surface area contributed by atoms with Crippen LogP contribution >= 0.6 is 0 Å². The van der Waals surface area contributed by atoms with Gasteiger partial charge in [0.2, 0.25) is 5.91 Å². The molecule has 2 amide bonds. The van der Waals surface area contributed by atoms with Gasteiger partial charge in [-0.15, -0.1) is 0 Å². The molecule has 3 rings (SSSR count). The first-order valence-electron chi connectivity index (χ1n) is 6.73. The van der Waals surface area contributed by atoms with E-state index in [1.807, 2.05) is 23.1 Å². The number of rotatable bonds is 4. The number of hydrogen-bond acceptors (Lipinski definition) is 4. The third-order valence-electron chi connectivity index (χ3n) is 3.46. The summed E-state index contributed by atoms with van der Waals surface area (Å²) >= 11 is 0. The summed E-state index contributed by atoms with van der Waals surface area (Å²) in [6.45, 7) is 0.505. The molecule has 1 aromatic rings. The number of benzene rings is 1. The molecule has 0 unspecified atom stereocenters. The standard InChI is InChI=1S/C14H17N3O3/c15-14(19)12-7-17(8-13(18)16-9-5-6-9)10-3-1-2-4-11(10)20-12/h1-4,9,12H,5-8H2,(H2,15,19)(H,16,18)/t12-/m1/s1. The van der Waals surface area contributed by atoms with Crippen molar-refractivity contribution in [2.24, 2.45) is 5.73 Å². The molecule has 1 heterocycles. The smallest absolute Gasteiger partial charge is 0.260 e. The number of fused-ring (bicyclic) bond motifs is 1. The average Bonchev–Trinajstić information content (AvgIpc) is 3.22. The zero-order chi connectivity index (χ0) is 14.1. The van der Waals surface area contributed by atoms with Crippen LogP contribution in [-0.2, 0) is 9.59 Å². The number of carbonyl (C=O) groups excluding carboxylic acids is 2. The summed E-state index contributed by atoms with van der Waals surface area (Å²) in [6.07, 6.45) is 1.38. The second-order valence-electron chi connectivity index (χ2n) is 5.20. The van der Waals surface area contributed by atoms with E-state index in [1.54, 1.807) is 6.07 Å². The first kappa shape index (κ1) is 12.8. The molecule has 106 valence electrons. The lowest BCUT2D eigenvalue weighted by Gasteiger charge is -2.34. The van der Waals surface area contributed by atoms with Crippen molar-refractivity contribution in [3.05, 3.63) is 24.3 Å². The van der Waals surface area contributed by atoms with Gasteiger partial charge in [0.15, 0.2) is 6.10 Å². The normalized spacial score (nSPS) is 20.8. The largest absolute Gasteiger partial charge is 0.477 e. The van der Waals surface area contributed by atoms with Gasteiger partial charge in [-0.1, -0.05) is 12.1 Å². The van der Waals surface area contributed by atoms with Crippen molar-refractivity contribution in [3.8, 4) is 5.75 Å². The molecule has 1 aliphatic carbocycles. The van der Waals surface area contributed by atoms with Crippen LogP contribution in [0.4, 0.5) is 5.69 Å². The van der Waals surface area contributed by atoms with Gasteiger partial charge in [0, 0.05) is 6.04 Å². The van der Waals surface area contributed by atoms with Gasteiger partial charge in [-0.25, -0.2) is 0 Å². The maximum absolute atomic E-state index is 11.9. The van der Waals surface area contributed by atoms with Crippen molar-refractivity contribution in [3.63, 3.8) is 0 Å². The fraction of sp³-hybridized carbons (Fsp3) is 0.429. The minimum absolute atomic E-state index is 0.0348. The van der Waals surface area contributed by atoms with Gasteiger partial charge in [-0.3, -0.25) is 9.59 Å². The van der Waals surface area contributed by atoms with Crippen LogP contribution in [0.2, 0.25) is 0 Å². The Hall–Kier alpha value is -2.24. The van der Waals surface area contributed by atoms with E-state index in [-0.39, 0.29) is 12.5 Å². The van der Waals surface area contributed by atoms with Crippen LogP contribution in [-0.4, -0.2) is 37.0 Å². The summed E-state index contributed by atoms with van der Waals surface area (Å²) in [6, 6.07) is 7.67. The number of primary amides is 1. The SMILES string of the molecule is NC(=O)[C@H]1CN(CC(=O)NC2CC2)c2ccccc2O1. The highest BCUT2D eigenvalue weighted by Gasteiger charge is 2.31. The molecule has 1 aliphatic heterocycles. The van der Waals surface area contributed by atoms with Gasteiger partial charge < -0.3 is 20.7 Å². The van der Waals surface area contributed by atoms with E-state index in [9.17, 15) is 9.59 Å². The van der Waals surface area contributed by atoms with Gasteiger partial charge in [-0.2, -0.15) is 0 Å². The first-order valence-corrected chi connectivity index (χ1v) is 6.73. The second-order valence-corrected chi connectivity index (χ2v) is 5.20. The summed E-state index contributed by atoms with van der Waals surface area (Å²) in [5.74, 6) is 0.0290. The van der Waals surface area contributed by atoms with Crippen molar-refractivity contribution in [2.75, 3.05) is 18.0 Å². The van der Waals surface area contributed by atoms with Crippen LogP contribution in [0.15, 0.2) is 24.3 Å². The predicted octanol–water partition coefficient (Wildman–Crippen LogP) is 0.0179. The summed E-state index contributed by atoms with van der Waals surface area (Å²) in [7, 11) is 0. The van der Waals surface area contributed by atoms with Crippen molar-refractivity contribution >= 4 is 17.5 Å². The van der Waals surface area contributed by atoms with E-state index < -0.39 is 12.0 Å². The van der Waals surface area contributed by atoms with E-state index >= 15 is 0 Å². The van der Waals surface area contributed by atoms with E-state index in [0.717, 1.165) is 18.5 Å². The molecule has 6 nitrogen and oxygen atoms in total. The van der Waals surface area contributed by atoms with E-state index in [2.05, 4.69) is 5.32 Å². The summed E-state index contributed by atoms with van der Waals surface area (Å²) in [4.78, 5) is 25.1. The molecule has 1 aromatic carbocycles. The van der Waals surface area contributed by atoms with Gasteiger partial charge in [0.25, 0.3) is 5.91 Å². The third-order valence-corrected chi connectivity index (χ3v) is 3.46. The zero-order valence-electron chi connectivity index (χ0n) is 11.0. The molecule has 2 aliphatic rings. The first-order chi connectivity index (χ1) is 9.63. The molecule has 6 heteroatoms.